The van der Waals surface area contributed by atoms with Gasteiger partial charge in [-0.3, -0.25) is 9.78 Å². The number of carbonyl (C=O) groups is 2. The van der Waals surface area contributed by atoms with Crippen LogP contribution in [0.2, 0.25) is 0 Å². The fourth-order valence-corrected chi connectivity index (χ4v) is 6.97. The fraction of sp³-hybridized carbons (Fsp3) is 0.457. The highest BCUT2D eigenvalue weighted by Crippen LogP contribution is 2.40. The van der Waals surface area contributed by atoms with Crippen LogP contribution in [-0.4, -0.2) is 93.3 Å². The number of hydrogen-bond donors (Lipinski definition) is 1. The number of likely N-dealkylation sites (tertiary alicyclic amines) is 1. The van der Waals surface area contributed by atoms with Crippen molar-refractivity contribution in [2.75, 3.05) is 38.2 Å². The van der Waals surface area contributed by atoms with E-state index in [1.54, 1.807) is 39.1 Å². The number of rotatable bonds is 6. The molecule has 4 saturated heterocycles. The second-order valence-electron chi connectivity index (χ2n) is 13.9. The number of anilines is 1. The van der Waals surface area contributed by atoms with Gasteiger partial charge in [-0.25, -0.2) is 9.18 Å². The van der Waals surface area contributed by atoms with Crippen LogP contribution in [0.5, 0.6) is 11.8 Å². The number of nitrogens with zero attached hydrogens (tertiary/aromatic N) is 6. The van der Waals surface area contributed by atoms with Crippen molar-refractivity contribution in [2.24, 2.45) is 5.41 Å². The second kappa shape index (κ2) is 11.9. The van der Waals surface area contributed by atoms with Gasteiger partial charge < -0.3 is 29.3 Å². The molecular formula is C35H39FN6O5. The van der Waals surface area contributed by atoms with Crippen LogP contribution >= 0.6 is 0 Å². The lowest BCUT2D eigenvalue weighted by Crippen LogP contribution is -2.64. The minimum Gasteiger partial charge on any atom is -0.465 e. The molecule has 1 unspecified atom stereocenters. The first-order valence-electron chi connectivity index (χ1n) is 16.2. The number of carbonyl (C=O) groups excluding carboxylic acids is 1. The standard InChI is InChI=1S/C35H39FN6O5/c1-35(2,3)32(43)47-24-14-20-8-5-6-10-25(20)26(15-24)29-28(36)30-27(16-37-29)31(39-33(38-30)46-19-23-9-7-13-40(23)4)41-17-22-12-11-21(41)18-42(22)34(44)45/h5-6,8,10,14-16,21-23H,7,9,11-13,17-19H2,1-4H3,(H,44,45)/t21-,22-,23?/m1/s1. The first-order chi connectivity index (χ1) is 22.5. The fourth-order valence-electron chi connectivity index (χ4n) is 6.97. The van der Waals surface area contributed by atoms with E-state index in [9.17, 15) is 14.7 Å². The molecule has 4 fully saturated rings. The number of hydrogen-bond acceptors (Lipinski definition) is 9. The van der Waals surface area contributed by atoms with Crippen molar-refractivity contribution in [2.45, 2.75) is 64.6 Å². The number of aromatic nitrogens is 3. The van der Waals surface area contributed by atoms with Crippen LogP contribution in [0.25, 0.3) is 32.9 Å². The Balaban J connectivity index is 1.34. The molecule has 6 heterocycles. The number of benzene rings is 2. The molecule has 0 radical (unpaired) electrons. The number of likely N-dealkylation sites (N-methyl/N-ethyl adjacent to an activating group) is 1. The molecule has 4 aliphatic rings. The normalized spacial score (nSPS) is 21.5. The molecule has 246 valence electrons. The van der Waals surface area contributed by atoms with Crippen LogP contribution in [0.4, 0.5) is 15.0 Å². The number of piperazine rings is 1. The molecule has 1 N–H and O–H groups in total. The molecule has 47 heavy (non-hydrogen) atoms. The van der Waals surface area contributed by atoms with E-state index < -0.39 is 23.3 Å². The summed E-state index contributed by atoms with van der Waals surface area (Å²) in [7, 11) is 2.06. The maximum Gasteiger partial charge on any atom is 0.407 e. The summed E-state index contributed by atoms with van der Waals surface area (Å²) in [5.74, 6) is -0.275. The Bertz CT molecular complexity index is 1880. The lowest BCUT2D eigenvalue weighted by Gasteiger charge is -2.51. The monoisotopic (exact) mass is 642 g/mol. The van der Waals surface area contributed by atoms with Crippen LogP contribution in [0.3, 0.4) is 0 Å². The van der Waals surface area contributed by atoms with E-state index in [1.165, 1.54) is 4.90 Å². The first kappa shape index (κ1) is 31.0. The number of piperidine rings is 2. The number of carboxylic acid groups (broad SMARTS) is 1. The van der Waals surface area contributed by atoms with Crippen molar-refractivity contribution < 1.29 is 28.6 Å². The van der Waals surface area contributed by atoms with Gasteiger partial charge in [0.1, 0.15) is 29.4 Å². The zero-order chi connectivity index (χ0) is 33.0. The zero-order valence-corrected chi connectivity index (χ0v) is 27.1. The average molecular weight is 643 g/mol. The molecule has 3 atom stereocenters. The van der Waals surface area contributed by atoms with E-state index >= 15 is 4.39 Å². The number of fused-ring (bicyclic) bond motifs is 5. The van der Waals surface area contributed by atoms with Crippen molar-refractivity contribution in [1.29, 1.82) is 0 Å². The molecule has 11 nitrogen and oxygen atoms in total. The minimum atomic E-state index is -0.934. The topological polar surface area (TPSA) is 121 Å². The Labute approximate surface area is 272 Å². The predicted octanol–water partition coefficient (Wildman–Crippen LogP) is 5.74. The van der Waals surface area contributed by atoms with Crippen LogP contribution < -0.4 is 14.4 Å². The Kier molecular flexibility index (Phi) is 7.86. The second-order valence-corrected chi connectivity index (χ2v) is 13.9. The number of amides is 1. The lowest BCUT2D eigenvalue weighted by molar-refractivity contribution is -0.142. The largest absolute Gasteiger partial charge is 0.465 e. The highest BCUT2D eigenvalue weighted by molar-refractivity contribution is 6.00. The first-order valence-corrected chi connectivity index (χ1v) is 16.2. The van der Waals surface area contributed by atoms with Gasteiger partial charge in [-0.1, -0.05) is 24.3 Å². The molecule has 12 heteroatoms. The Hall–Kier alpha value is -4.58. The van der Waals surface area contributed by atoms with Crippen LogP contribution in [0.15, 0.2) is 42.6 Å². The van der Waals surface area contributed by atoms with Crippen molar-refractivity contribution >= 4 is 39.6 Å². The van der Waals surface area contributed by atoms with E-state index in [1.807, 2.05) is 24.3 Å². The van der Waals surface area contributed by atoms with Gasteiger partial charge in [-0.15, -0.1) is 0 Å². The van der Waals surface area contributed by atoms with Crippen molar-refractivity contribution in [1.82, 2.24) is 24.8 Å². The van der Waals surface area contributed by atoms with Gasteiger partial charge in [0.05, 0.1) is 16.8 Å². The molecular weight excluding hydrogens is 603 g/mol. The molecule has 8 rings (SSSR count). The van der Waals surface area contributed by atoms with Crippen molar-refractivity contribution in [3.63, 3.8) is 0 Å². The summed E-state index contributed by atoms with van der Waals surface area (Å²) in [6, 6.07) is 10.9. The van der Waals surface area contributed by atoms with Gasteiger partial charge in [0.2, 0.25) is 0 Å². The number of halogens is 1. The summed E-state index contributed by atoms with van der Waals surface area (Å²) in [6.07, 6.45) is 4.27. The summed E-state index contributed by atoms with van der Waals surface area (Å²) in [4.78, 5) is 44.5. The predicted molar refractivity (Wildman–Crippen MR) is 175 cm³/mol. The van der Waals surface area contributed by atoms with Gasteiger partial charge in [0.25, 0.3) is 0 Å². The number of ether oxygens (including phenoxy) is 2. The zero-order valence-electron chi connectivity index (χ0n) is 27.1. The van der Waals surface area contributed by atoms with E-state index in [0.717, 1.165) is 43.0 Å². The molecule has 2 bridgehead atoms. The van der Waals surface area contributed by atoms with Gasteiger partial charge >= 0.3 is 18.1 Å². The molecule has 0 spiro atoms. The van der Waals surface area contributed by atoms with Crippen LogP contribution in [-0.2, 0) is 4.79 Å². The van der Waals surface area contributed by atoms with Crippen molar-refractivity contribution in [3.8, 4) is 23.0 Å². The molecule has 2 aromatic heterocycles. The quantitative estimate of drug-likeness (QED) is 0.206. The molecule has 4 aromatic rings. The van der Waals surface area contributed by atoms with E-state index in [4.69, 9.17) is 14.5 Å². The third-order valence-electron chi connectivity index (χ3n) is 9.68. The summed E-state index contributed by atoms with van der Waals surface area (Å²) in [5.41, 5.74) is -0.147. The van der Waals surface area contributed by atoms with Crippen LogP contribution in [0, 0.1) is 11.2 Å². The Morgan fingerprint density at radius 3 is 2.53 bits per heavy atom. The van der Waals surface area contributed by atoms with Gasteiger partial charge in [-0.2, -0.15) is 9.97 Å². The number of esters is 1. The third-order valence-corrected chi connectivity index (χ3v) is 9.68. The maximum absolute atomic E-state index is 16.9. The molecule has 0 aliphatic carbocycles. The van der Waals surface area contributed by atoms with Gasteiger partial charge in [0, 0.05) is 36.9 Å². The Morgan fingerprint density at radius 2 is 1.83 bits per heavy atom. The number of pyridine rings is 1. The smallest absolute Gasteiger partial charge is 0.407 e. The van der Waals surface area contributed by atoms with Gasteiger partial charge in [0.15, 0.2) is 5.82 Å². The van der Waals surface area contributed by atoms with Crippen molar-refractivity contribution in [3.05, 3.63) is 48.4 Å². The SMILES string of the molecule is CN1CCCC1COc1nc(N2C[C@H]3CC[C@@H]2CN3C(=O)O)c2cnc(-c3cc(OC(=O)C(C)(C)C)cc4ccccc34)c(F)c2n1. The lowest BCUT2D eigenvalue weighted by atomic mass is 9.91. The molecule has 1 amide bonds. The summed E-state index contributed by atoms with van der Waals surface area (Å²) in [6.45, 7) is 7.45. The molecule has 0 saturated carbocycles. The molecule has 2 aromatic carbocycles. The highest BCUT2D eigenvalue weighted by atomic mass is 19.1. The summed E-state index contributed by atoms with van der Waals surface area (Å²) < 4.78 is 28.8. The van der Waals surface area contributed by atoms with E-state index in [0.29, 0.717) is 42.2 Å². The van der Waals surface area contributed by atoms with E-state index in [-0.39, 0.29) is 35.3 Å². The highest BCUT2D eigenvalue weighted by Gasteiger charge is 2.42. The molecule has 4 aliphatic heterocycles. The Morgan fingerprint density at radius 1 is 1.04 bits per heavy atom. The van der Waals surface area contributed by atoms with Gasteiger partial charge in [-0.05, 0) is 83.0 Å². The third kappa shape index (κ3) is 5.79. The van der Waals surface area contributed by atoms with Crippen LogP contribution in [0.1, 0.15) is 46.5 Å². The average Bonchev–Trinajstić information content (AvgIpc) is 3.47. The summed E-state index contributed by atoms with van der Waals surface area (Å²) in [5, 5.41) is 11.7. The maximum atomic E-state index is 16.9. The summed E-state index contributed by atoms with van der Waals surface area (Å²) >= 11 is 0. The van der Waals surface area contributed by atoms with E-state index in [2.05, 4.69) is 26.8 Å². The minimum absolute atomic E-state index is 0.0608.